The van der Waals surface area contributed by atoms with Crippen LogP contribution in [0.15, 0.2) is 36.4 Å². The van der Waals surface area contributed by atoms with Crippen LogP contribution in [0.4, 0.5) is 0 Å². The summed E-state index contributed by atoms with van der Waals surface area (Å²) in [5.74, 6) is 8.86. The number of hydrogen-bond donors (Lipinski definition) is 0. The maximum atomic E-state index is 5.27. The summed E-state index contributed by atoms with van der Waals surface area (Å²) in [4.78, 5) is 0. The first kappa shape index (κ1) is 15.6. The Morgan fingerprint density at radius 1 is 0.545 bits per heavy atom. The monoisotopic (exact) mass is 298 g/mol. The minimum atomic E-state index is 0.654. The molecule has 0 aliphatic heterocycles. The summed E-state index contributed by atoms with van der Waals surface area (Å²) >= 11 is 0. The van der Waals surface area contributed by atoms with Gasteiger partial charge in [0.15, 0.2) is 23.0 Å². The highest BCUT2D eigenvalue weighted by Crippen LogP contribution is 2.28. The van der Waals surface area contributed by atoms with Crippen LogP contribution in [-0.4, -0.2) is 28.4 Å². The van der Waals surface area contributed by atoms with Gasteiger partial charge in [0.1, 0.15) is 0 Å². The van der Waals surface area contributed by atoms with Crippen LogP contribution in [0.25, 0.3) is 0 Å². The van der Waals surface area contributed by atoms with Crippen LogP contribution in [0.3, 0.4) is 0 Å². The summed E-state index contributed by atoms with van der Waals surface area (Å²) in [6.07, 6.45) is 0. The lowest BCUT2D eigenvalue weighted by molar-refractivity contribution is 0.355. The van der Waals surface area contributed by atoms with Crippen molar-refractivity contribution in [1.29, 1.82) is 0 Å². The fourth-order valence-corrected chi connectivity index (χ4v) is 1.97. The average molecular weight is 298 g/mol. The first-order valence-electron chi connectivity index (χ1n) is 6.68. The van der Waals surface area contributed by atoms with Crippen LogP contribution >= 0.6 is 0 Å². The highest BCUT2D eigenvalue weighted by molar-refractivity contribution is 5.53. The Labute approximate surface area is 130 Å². The third-order valence-corrected chi connectivity index (χ3v) is 3.12. The van der Waals surface area contributed by atoms with Gasteiger partial charge in [-0.2, -0.15) is 0 Å². The molecule has 0 heterocycles. The van der Waals surface area contributed by atoms with E-state index >= 15 is 0 Å². The van der Waals surface area contributed by atoms with Gasteiger partial charge in [-0.1, -0.05) is 11.8 Å². The topological polar surface area (TPSA) is 36.9 Å². The van der Waals surface area contributed by atoms with E-state index in [0.29, 0.717) is 23.0 Å². The molecule has 0 saturated carbocycles. The third-order valence-electron chi connectivity index (χ3n) is 3.12. The highest BCUT2D eigenvalue weighted by atomic mass is 16.5. The van der Waals surface area contributed by atoms with Crippen molar-refractivity contribution in [3.63, 3.8) is 0 Å². The molecule has 0 aliphatic carbocycles. The minimum absolute atomic E-state index is 0.654. The van der Waals surface area contributed by atoms with Gasteiger partial charge in [0.2, 0.25) is 0 Å². The summed E-state index contributed by atoms with van der Waals surface area (Å²) in [6.45, 7) is 0. The van der Waals surface area contributed by atoms with Crippen molar-refractivity contribution in [3.8, 4) is 34.8 Å². The van der Waals surface area contributed by atoms with E-state index in [2.05, 4.69) is 11.8 Å². The quantitative estimate of drug-likeness (QED) is 0.813. The smallest absolute Gasteiger partial charge is 0.161 e. The molecule has 0 unspecified atom stereocenters. The van der Waals surface area contributed by atoms with E-state index in [9.17, 15) is 0 Å². The van der Waals surface area contributed by atoms with Crippen LogP contribution in [-0.2, 0) is 0 Å². The molecule has 2 rings (SSSR count). The summed E-state index contributed by atoms with van der Waals surface area (Å²) in [5, 5.41) is 0. The van der Waals surface area contributed by atoms with Crippen LogP contribution < -0.4 is 18.9 Å². The van der Waals surface area contributed by atoms with Crippen molar-refractivity contribution in [2.75, 3.05) is 28.4 Å². The molecule has 0 aliphatic rings. The molecule has 0 spiro atoms. The second-order valence-corrected chi connectivity index (χ2v) is 4.39. The number of hydrogen-bond acceptors (Lipinski definition) is 4. The van der Waals surface area contributed by atoms with Crippen LogP contribution in [0.1, 0.15) is 11.1 Å². The van der Waals surface area contributed by atoms with Gasteiger partial charge in [0, 0.05) is 11.1 Å². The lowest BCUT2D eigenvalue weighted by Crippen LogP contribution is -1.91. The molecule has 0 bridgehead atoms. The molecule has 2 aromatic rings. The Hall–Kier alpha value is -2.80. The second kappa shape index (κ2) is 7.28. The molecule has 0 amide bonds. The van der Waals surface area contributed by atoms with Crippen molar-refractivity contribution in [2.45, 2.75) is 0 Å². The van der Waals surface area contributed by atoms with Crippen LogP contribution in [0.2, 0.25) is 0 Å². The molecule has 0 aromatic heterocycles. The number of ether oxygens (including phenoxy) is 4. The Balaban J connectivity index is 2.30. The van der Waals surface area contributed by atoms with Gasteiger partial charge in [-0.15, -0.1) is 0 Å². The van der Waals surface area contributed by atoms with Crippen molar-refractivity contribution < 1.29 is 18.9 Å². The molecule has 22 heavy (non-hydrogen) atoms. The summed E-state index contributed by atoms with van der Waals surface area (Å²) in [5.41, 5.74) is 1.68. The lowest BCUT2D eigenvalue weighted by Gasteiger charge is -2.07. The van der Waals surface area contributed by atoms with Crippen molar-refractivity contribution in [1.82, 2.24) is 0 Å². The van der Waals surface area contributed by atoms with Crippen molar-refractivity contribution in [3.05, 3.63) is 47.5 Å². The number of benzene rings is 2. The van der Waals surface area contributed by atoms with Gasteiger partial charge in [-0.25, -0.2) is 0 Å². The SMILES string of the molecule is COc1ccc(C#Cc2ccc(OC)c(OC)c2)cc1OC. The predicted octanol–water partition coefficient (Wildman–Crippen LogP) is 3.12. The zero-order valence-corrected chi connectivity index (χ0v) is 13.1. The first-order chi connectivity index (χ1) is 10.7. The van der Waals surface area contributed by atoms with Gasteiger partial charge in [0.25, 0.3) is 0 Å². The predicted molar refractivity (Wildman–Crippen MR) is 85.1 cm³/mol. The fraction of sp³-hybridized carbons (Fsp3) is 0.222. The Bertz CT molecular complexity index is 651. The largest absolute Gasteiger partial charge is 0.493 e. The average Bonchev–Trinajstić information content (AvgIpc) is 2.59. The van der Waals surface area contributed by atoms with Gasteiger partial charge in [-0.3, -0.25) is 0 Å². The summed E-state index contributed by atoms with van der Waals surface area (Å²) in [6, 6.07) is 11.1. The number of methoxy groups -OCH3 is 4. The molecular formula is C18H18O4. The molecule has 4 nitrogen and oxygen atoms in total. The first-order valence-corrected chi connectivity index (χ1v) is 6.68. The van der Waals surface area contributed by atoms with Crippen LogP contribution in [0, 0.1) is 11.8 Å². The molecule has 2 aromatic carbocycles. The van der Waals surface area contributed by atoms with Gasteiger partial charge in [0.05, 0.1) is 28.4 Å². The normalized spacial score (nSPS) is 9.45. The highest BCUT2D eigenvalue weighted by Gasteiger charge is 2.04. The third kappa shape index (κ3) is 3.44. The Morgan fingerprint density at radius 2 is 0.909 bits per heavy atom. The molecular weight excluding hydrogens is 280 g/mol. The zero-order chi connectivity index (χ0) is 15.9. The van der Waals surface area contributed by atoms with Gasteiger partial charge < -0.3 is 18.9 Å². The van der Waals surface area contributed by atoms with E-state index in [1.807, 2.05) is 36.4 Å². The van der Waals surface area contributed by atoms with E-state index in [1.54, 1.807) is 28.4 Å². The van der Waals surface area contributed by atoms with Gasteiger partial charge in [-0.05, 0) is 36.4 Å². The maximum Gasteiger partial charge on any atom is 0.161 e. The van der Waals surface area contributed by atoms with Gasteiger partial charge >= 0.3 is 0 Å². The second-order valence-electron chi connectivity index (χ2n) is 4.39. The molecule has 114 valence electrons. The molecule has 0 N–H and O–H groups in total. The van der Waals surface area contributed by atoms with E-state index in [1.165, 1.54) is 0 Å². The Morgan fingerprint density at radius 3 is 1.23 bits per heavy atom. The van der Waals surface area contributed by atoms with E-state index in [4.69, 9.17) is 18.9 Å². The zero-order valence-electron chi connectivity index (χ0n) is 13.1. The molecule has 0 atom stereocenters. The lowest BCUT2D eigenvalue weighted by atomic mass is 10.1. The molecule has 0 fully saturated rings. The van der Waals surface area contributed by atoms with E-state index in [-0.39, 0.29) is 0 Å². The Kier molecular flexibility index (Phi) is 5.16. The van der Waals surface area contributed by atoms with E-state index in [0.717, 1.165) is 11.1 Å². The summed E-state index contributed by atoms with van der Waals surface area (Å²) < 4.78 is 20.9. The van der Waals surface area contributed by atoms with Crippen molar-refractivity contribution in [2.24, 2.45) is 0 Å². The minimum Gasteiger partial charge on any atom is -0.493 e. The molecule has 4 heteroatoms. The standard InChI is InChI=1S/C18H18O4/c1-19-15-9-7-13(11-17(15)21-3)5-6-14-8-10-16(20-2)18(12-14)22-4/h7-12H,1-4H3. The van der Waals surface area contributed by atoms with Crippen molar-refractivity contribution >= 4 is 0 Å². The molecule has 0 saturated heterocycles. The maximum absolute atomic E-state index is 5.27. The molecule has 0 radical (unpaired) electrons. The van der Waals surface area contributed by atoms with E-state index < -0.39 is 0 Å². The van der Waals surface area contributed by atoms with Crippen LogP contribution in [0.5, 0.6) is 23.0 Å². The fourth-order valence-electron chi connectivity index (χ4n) is 1.97. The number of rotatable bonds is 4. The summed E-state index contributed by atoms with van der Waals surface area (Å²) in [7, 11) is 6.41.